The molecule has 0 saturated heterocycles. The molecule has 5 nitrogen and oxygen atoms in total. The quantitative estimate of drug-likeness (QED) is 0.856. The van der Waals surface area contributed by atoms with E-state index in [1.165, 1.54) is 11.3 Å². The van der Waals surface area contributed by atoms with Gasteiger partial charge in [0.1, 0.15) is 5.75 Å². The topological polar surface area (TPSA) is 60.5 Å². The van der Waals surface area contributed by atoms with E-state index in [1.54, 1.807) is 14.0 Å². The average molecular weight is 292 g/mol. The van der Waals surface area contributed by atoms with E-state index in [4.69, 9.17) is 9.47 Å². The number of ether oxygens (including phenoxy) is 2. The van der Waals surface area contributed by atoms with Crippen molar-refractivity contribution in [3.63, 3.8) is 0 Å². The van der Waals surface area contributed by atoms with Gasteiger partial charge in [-0.3, -0.25) is 0 Å². The highest BCUT2D eigenvalue weighted by atomic mass is 32.1. The Labute approximate surface area is 121 Å². The molecule has 2 rings (SSSR count). The average Bonchev–Trinajstić information content (AvgIpc) is 2.80. The maximum atomic E-state index is 11.7. The summed E-state index contributed by atoms with van der Waals surface area (Å²) in [5.41, 5.74) is 1.16. The number of nitrogens with zero attached hydrogens (tertiary/aromatic N) is 1. The summed E-state index contributed by atoms with van der Waals surface area (Å²) in [6.45, 7) is 3.95. The molecule has 106 valence electrons. The van der Waals surface area contributed by atoms with Gasteiger partial charge in [0.2, 0.25) is 0 Å². The number of hydrogen-bond donors (Lipinski definition) is 1. The van der Waals surface area contributed by atoms with Crippen LogP contribution >= 0.6 is 11.3 Å². The molecule has 0 aliphatic carbocycles. The molecule has 0 bridgehead atoms. The highest BCUT2D eigenvalue weighted by Crippen LogP contribution is 2.30. The first kappa shape index (κ1) is 14.3. The van der Waals surface area contributed by atoms with E-state index >= 15 is 0 Å². The Hall–Kier alpha value is -2.08. The molecule has 20 heavy (non-hydrogen) atoms. The molecule has 0 radical (unpaired) electrons. The maximum absolute atomic E-state index is 11.7. The fourth-order valence-electron chi connectivity index (χ4n) is 1.70. The summed E-state index contributed by atoms with van der Waals surface area (Å²) < 4.78 is 10.2. The van der Waals surface area contributed by atoms with Crippen LogP contribution in [0, 0.1) is 6.92 Å². The molecule has 0 unspecified atom stereocenters. The number of para-hydroxylation sites is 2. The summed E-state index contributed by atoms with van der Waals surface area (Å²) in [6.07, 6.45) is 0. The van der Waals surface area contributed by atoms with Gasteiger partial charge < -0.3 is 14.8 Å². The molecule has 1 heterocycles. The van der Waals surface area contributed by atoms with Crippen molar-refractivity contribution in [3.05, 3.63) is 34.8 Å². The third kappa shape index (κ3) is 3.08. The van der Waals surface area contributed by atoms with Crippen LogP contribution in [0.1, 0.15) is 22.3 Å². The minimum absolute atomic E-state index is 0.338. The Morgan fingerprint density at radius 3 is 2.85 bits per heavy atom. The Bertz CT molecular complexity index is 610. The summed E-state index contributed by atoms with van der Waals surface area (Å²) >= 11 is 1.40. The van der Waals surface area contributed by atoms with Crippen LogP contribution in [0.4, 0.5) is 10.8 Å². The summed E-state index contributed by atoms with van der Waals surface area (Å²) in [7, 11) is 1.61. The number of anilines is 2. The molecule has 1 aromatic heterocycles. The van der Waals surface area contributed by atoms with Gasteiger partial charge in [0.05, 0.1) is 19.4 Å². The summed E-state index contributed by atoms with van der Waals surface area (Å²) in [5, 5.41) is 3.79. The van der Waals surface area contributed by atoms with Crippen LogP contribution in [0.25, 0.3) is 0 Å². The van der Waals surface area contributed by atoms with E-state index in [-0.39, 0.29) is 0 Å². The molecule has 1 aromatic carbocycles. The lowest BCUT2D eigenvalue weighted by molar-refractivity contribution is 0.0519. The van der Waals surface area contributed by atoms with Crippen LogP contribution in [0.3, 0.4) is 0 Å². The molecule has 0 aliphatic heterocycles. The predicted molar refractivity (Wildman–Crippen MR) is 79.1 cm³/mol. The number of thiazole rings is 1. The lowest BCUT2D eigenvalue weighted by Gasteiger charge is -2.07. The van der Waals surface area contributed by atoms with E-state index in [0.29, 0.717) is 17.4 Å². The van der Waals surface area contributed by atoms with Crippen molar-refractivity contribution in [2.75, 3.05) is 19.0 Å². The number of nitrogens with one attached hydrogen (secondary N) is 1. The van der Waals surface area contributed by atoms with E-state index in [1.807, 2.05) is 31.2 Å². The Kier molecular flexibility index (Phi) is 4.57. The Morgan fingerprint density at radius 1 is 1.40 bits per heavy atom. The number of hydrogen-bond acceptors (Lipinski definition) is 6. The largest absolute Gasteiger partial charge is 0.495 e. The number of methoxy groups -OCH3 is 1. The van der Waals surface area contributed by atoms with E-state index in [2.05, 4.69) is 10.3 Å². The number of aromatic nitrogens is 1. The van der Waals surface area contributed by atoms with Crippen LogP contribution in [0.5, 0.6) is 5.75 Å². The standard InChI is InChI=1S/C14H16N2O3S/c1-4-19-13(17)12-9(2)20-14(16-12)15-10-7-5-6-8-11(10)18-3/h5-8H,4H2,1-3H3,(H,15,16). The van der Waals surface area contributed by atoms with Crippen LogP contribution in [-0.4, -0.2) is 24.7 Å². The van der Waals surface area contributed by atoms with Gasteiger partial charge in [-0.1, -0.05) is 12.1 Å². The molecular weight excluding hydrogens is 276 g/mol. The number of carbonyl (C=O) groups excluding carboxylic acids is 1. The van der Waals surface area contributed by atoms with Gasteiger partial charge >= 0.3 is 5.97 Å². The van der Waals surface area contributed by atoms with Crippen LogP contribution in [0.15, 0.2) is 24.3 Å². The lowest BCUT2D eigenvalue weighted by Crippen LogP contribution is -2.06. The third-order valence-corrected chi connectivity index (χ3v) is 3.50. The molecule has 0 fully saturated rings. The highest BCUT2D eigenvalue weighted by Gasteiger charge is 2.17. The number of aryl methyl sites for hydroxylation is 1. The fourth-order valence-corrected chi connectivity index (χ4v) is 2.52. The molecule has 0 atom stereocenters. The SMILES string of the molecule is CCOC(=O)c1nc(Nc2ccccc2OC)sc1C. The Morgan fingerprint density at radius 2 is 2.15 bits per heavy atom. The number of benzene rings is 1. The van der Waals surface area contributed by atoms with Crippen LogP contribution in [0.2, 0.25) is 0 Å². The molecule has 0 saturated carbocycles. The third-order valence-electron chi connectivity index (χ3n) is 2.61. The predicted octanol–water partition coefficient (Wildman–Crippen LogP) is 3.38. The smallest absolute Gasteiger partial charge is 0.358 e. The van der Waals surface area contributed by atoms with Crippen molar-refractivity contribution in [3.8, 4) is 5.75 Å². The van der Waals surface area contributed by atoms with Gasteiger partial charge in [-0.2, -0.15) is 0 Å². The summed E-state index contributed by atoms with van der Waals surface area (Å²) in [4.78, 5) is 16.8. The molecule has 1 N–H and O–H groups in total. The van der Waals surface area contributed by atoms with Gasteiger partial charge in [-0.05, 0) is 26.0 Å². The second kappa shape index (κ2) is 6.38. The molecule has 0 aliphatic rings. The molecule has 0 amide bonds. The number of carbonyl (C=O) groups is 1. The maximum Gasteiger partial charge on any atom is 0.358 e. The molecular formula is C14H16N2O3S. The molecule has 2 aromatic rings. The fraction of sp³-hybridized carbons (Fsp3) is 0.286. The van der Waals surface area contributed by atoms with Crippen molar-refractivity contribution >= 4 is 28.1 Å². The van der Waals surface area contributed by atoms with Crippen molar-refractivity contribution in [2.45, 2.75) is 13.8 Å². The first-order valence-corrected chi connectivity index (χ1v) is 7.02. The van der Waals surface area contributed by atoms with Crippen molar-refractivity contribution in [1.82, 2.24) is 4.98 Å². The number of esters is 1. The van der Waals surface area contributed by atoms with Crippen LogP contribution in [-0.2, 0) is 4.74 Å². The first-order chi connectivity index (χ1) is 9.65. The van der Waals surface area contributed by atoms with Gasteiger partial charge in [0.15, 0.2) is 10.8 Å². The molecule has 6 heteroatoms. The normalized spacial score (nSPS) is 10.2. The van der Waals surface area contributed by atoms with E-state index < -0.39 is 5.97 Å². The van der Waals surface area contributed by atoms with E-state index in [9.17, 15) is 4.79 Å². The summed E-state index contributed by atoms with van der Waals surface area (Å²) in [6, 6.07) is 7.54. The monoisotopic (exact) mass is 292 g/mol. The first-order valence-electron chi connectivity index (χ1n) is 6.20. The van der Waals surface area contributed by atoms with Crippen LogP contribution < -0.4 is 10.1 Å². The zero-order valence-corrected chi connectivity index (χ0v) is 12.4. The van der Waals surface area contributed by atoms with E-state index in [0.717, 1.165) is 16.3 Å². The zero-order valence-electron chi connectivity index (χ0n) is 11.6. The Balaban J connectivity index is 2.22. The minimum atomic E-state index is -0.394. The van der Waals surface area contributed by atoms with Crippen molar-refractivity contribution < 1.29 is 14.3 Å². The van der Waals surface area contributed by atoms with Crippen molar-refractivity contribution in [2.24, 2.45) is 0 Å². The van der Waals surface area contributed by atoms with Crippen molar-refractivity contribution in [1.29, 1.82) is 0 Å². The van der Waals surface area contributed by atoms with Gasteiger partial charge in [0.25, 0.3) is 0 Å². The summed E-state index contributed by atoms with van der Waals surface area (Å²) in [5.74, 6) is 0.326. The van der Waals surface area contributed by atoms with Gasteiger partial charge in [-0.15, -0.1) is 11.3 Å². The van der Waals surface area contributed by atoms with Gasteiger partial charge in [0, 0.05) is 4.88 Å². The van der Waals surface area contributed by atoms with Gasteiger partial charge in [-0.25, -0.2) is 9.78 Å². The number of rotatable bonds is 5. The zero-order chi connectivity index (χ0) is 14.5. The minimum Gasteiger partial charge on any atom is -0.495 e. The second-order valence-electron chi connectivity index (χ2n) is 3.97. The lowest BCUT2D eigenvalue weighted by atomic mass is 10.3. The highest BCUT2D eigenvalue weighted by molar-refractivity contribution is 7.15. The molecule has 0 spiro atoms. The second-order valence-corrected chi connectivity index (χ2v) is 5.17.